The Bertz CT molecular complexity index is 1280. The van der Waals surface area contributed by atoms with E-state index in [1.54, 1.807) is 12.4 Å². The van der Waals surface area contributed by atoms with Gasteiger partial charge >= 0.3 is 5.97 Å². The van der Waals surface area contributed by atoms with Gasteiger partial charge < -0.3 is 14.6 Å². The normalized spacial score (nSPS) is 10.8. The van der Waals surface area contributed by atoms with Crippen molar-refractivity contribution in [2.45, 2.75) is 12.1 Å². The maximum absolute atomic E-state index is 12.7. The molecule has 0 saturated carbocycles. The summed E-state index contributed by atoms with van der Waals surface area (Å²) in [6.07, 6.45) is 3.40. The van der Waals surface area contributed by atoms with Crippen LogP contribution in [0.15, 0.2) is 59.3 Å². The van der Waals surface area contributed by atoms with Gasteiger partial charge in [0.05, 0.1) is 12.9 Å². The minimum atomic E-state index is -0.496. The van der Waals surface area contributed by atoms with E-state index in [1.165, 1.54) is 30.2 Å². The van der Waals surface area contributed by atoms with E-state index < -0.39 is 5.97 Å². The number of nitrogens with one attached hydrogen (secondary N) is 1. The highest BCUT2D eigenvalue weighted by Crippen LogP contribution is 2.36. The van der Waals surface area contributed by atoms with Gasteiger partial charge in [0.1, 0.15) is 10.6 Å². The van der Waals surface area contributed by atoms with E-state index in [-0.39, 0.29) is 11.7 Å². The maximum Gasteiger partial charge on any atom is 0.341 e. The van der Waals surface area contributed by atoms with Gasteiger partial charge in [-0.2, -0.15) is 0 Å². The number of benzene rings is 1. The van der Waals surface area contributed by atoms with Gasteiger partial charge in [-0.05, 0) is 24.6 Å². The van der Waals surface area contributed by atoms with Crippen molar-refractivity contribution < 1.29 is 14.3 Å². The fourth-order valence-electron chi connectivity index (χ4n) is 3.18. The highest BCUT2D eigenvalue weighted by molar-refractivity contribution is 7.99. The number of carbonyl (C=O) groups is 2. The van der Waals surface area contributed by atoms with Gasteiger partial charge in [0.25, 0.3) is 0 Å². The first-order valence-electron chi connectivity index (χ1n) is 9.97. The summed E-state index contributed by atoms with van der Waals surface area (Å²) in [6.45, 7) is 2.00. The van der Waals surface area contributed by atoms with E-state index in [9.17, 15) is 9.59 Å². The number of ether oxygens (including phenoxy) is 1. The van der Waals surface area contributed by atoms with Crippen LogP contribution in [0.2, 0.25) is 0 Å². The molecule has 0 unspecified atom stereocenters. The molecule has 0 aliphatic heterocycles. The first-order valence-corrected chi connectivity index (χ1v) is 11.8. The molecule has 3 heterocycles. The summed E-state index contributed by atoms with van der Waals surface area (Å²) in [5.41, 5.74) is 3.92. The number of hydrogen-bond acceptors (Lipinski definition) is 8. The number of anilines is 1. The monoisotopic (exact) mass is 479 g/mol. The van der Waals surface area contributed by atoms with Crippen molar-refractivity contribution in [1.29, 1.82) is 0 Å². The van der Waals surface area contributed by atoms with E-state index in [1.807, 2.05) is 60.3 Å². The van der Waals surface area contributed by atoms with Crippen molar-refractivity contribution in [2.75, 3.05) is 18.2 Å². The topological polar surface area (TPSA) is 99.0 Å². The smallest absolute Gasteiger partial charge is 0.341 e. The molecule has 1 amide bonds. The quantitative estimate of drug-likeness (QED) is 0.309. The van der Waals surface area contributed by atoms with Crippen molar-refractivity contribution in [3.63, 3.8) is 0 Å². The Kier molecular flexibility index (Phi) is 6.85. The second kappa shape index (κ2) is 9.97. The summed E-state index contributed by atoms with van der Waals surface area (Å²) in [6, 6.07) is 11.6. The summed E-state index contributed by atoms with van der Waals surface area (Å²) < 4.78 is 6.79. The summed E-state index contributed by atoms with van der Waals surface area (Å²) in [4.78, 5) is 29.3. The molecule has 3 aromatic heterocycles. The predicted molar refractivity (Wildman–Crippen MR) is 129 cm³/mol. The summed E-state index contributed by atoms with van der Waals surface area (Å²) in [5.74, 6) is 0.0229. The minimum Gasteiger partial charge on any atom is -0.465 e. The molecule has 0 radical (unpaired) electrons. The van der Waals surface area contributed by atoms with Crippen molar-refractivity contribution in [3.8, 4) is 22.5 Å². The number of rotatable bonds is 7. The summed E-state index contributed by atoms with van der Waals surface area (Å²) in [5, 5.41) is 14.1. The van der Waals surface area contributed by atoms with Gasteiger partial charge in [0.15, 0.2) is 11.0 Å². The van der Waals surface area contributed by atoms with Crippen LogP contribution in [0.3, 0.4) is 0 Å². The molecular weight excluding hydrogens is 458 g/mol. The zero-order chi connectivity index (χ0) is 23.4. The number of carbonyl (C=O) groups excluding carboxylic acids is 2. The number of methoxy groups -OCH3 is 1. The number of hydrogen-bond donors (Lipinski definition) is 1. The lowest BCUT2D eigenvalue weighted by atomic mass is 10.0. The Morgan fingerprint density at radius 1 is 1.15 bits per heavy atom. The highest BCUT2D eigenvalue weighted by atomic mass is 32.2. The molecule has 0 aliphatic carbocycles. The number of pyridine rings is 1. The van der Waals surface area contributed by atoms with E-state index in [2.05, 4.69) is 20.5 Å². The molecule has 0 aliphatic rings. The van der Waals surface area contributed by atoms with E-state index in [0.29, 0.717) is 21.5 Å². The Morgan fingerprint density at radius 2 is 1.94 bits per heavy atom. The molecule has 168 valence electrons. The van der Waals surface area contributed by atoms with E-state index in [0.717, 1.165) is 22.3 Å². The van der Waals surface area contributed by atoms with Crippen LogP contribution in [0.4, 0.5) is 5.00 Å². The average Bonchev–Trinajstić information content (AvgIpc) is 3.41. The lowest BCUT2D eigenvalue weighted by Crippen LogP contribution is -2.16. The largest absolute Gasteiger partial charge is 0.465 e. The van der Waals surface area contributed by atoms with Crippen LogP contribution in [-0.4, -0.2) is 44.5 Å². The molecular formula is C23H21N5O3S2. The lowest BCUT2D eigenvalue weighted by Gasteiger charge is -2.08. The van der Waals surface area contributed by atoms with Crippen LogP contribution in [0.1, 0.15) is 15.9 Å². The molecule has 1 aromatic carbocycles. The van der Waals surface area contributed by atoms with Gasteiger partial charge in [-0.15, -0.1) is 21.5 Å². The predicted octanol–water partition coefficient (Wildman–Crippen LogP) is 4.43. The average molecular weight is 480 g/mol. The lowest BCUT2D eigenvalue weighted by molar-refractivity contribution is -0.113. The Hall–Kier alpha value is -3.50. The Balaban J connectivity index is 1.48. The number of esters is 1. The van der Waals surface area contributed by atoms with E-state index >= 15 is 0 Å². The molecule has 4 aromatic rings. The molecule has 0 bridgehead atoms. The molecule has 0 atom stereocenters. The Labute approximate surface area is 199 Å². The summed E-state index contributed by atoms with van der Waals surface area (Å²) in [7, 11) is 3.17. The van der Waals surface area contributed by atoms with Crippen LogP contribution in [-0.2, 0) is 16.6 Å². The minimum absolute atomic E-state index is 0.109. The third kappa shape index (κ3) is 4.96. The molecule has 0 spiro atoms. The third-order valence-electron chi connectivity index (χ3n) is 4.88. The maximum atomic E-state index is 12.7. The number of nitrogens with zero attached hydrogens (tertiary/aromatic N) is 4. The number of aryl methyl sites for hydroxylation is 1. The van der Waals surface area contributed by atoms with Gasteiger partial charge in [-0.25, -0.2) is 4.79 Å². The van der Waals surface area contributed by atoms with Crippen LogP contribution < -0.4 is 5.32 Å². The van der Waals surface area contributed by atoms with Crippen molar-refractivity contribution in [3.05, 3.63) is 65.3 Å². The molecule has 1 N–H and O–H groups in total. The number of aromatic nitrogens is 4. The zero-order valence-corrected chi connectivity index (χ0v) is 19.9. The third-order valence-corrected chi connectivity index (χ3v) is 6.80. The number of thioether (sulfide) groups is 1. The van der Waals surface area contributed by atoms with Crippen LogP contribution in [0, 0.1) is 6.92 Å². The van der Waals surface area contributed by atoms with Crippen molar-refractivity contribution in [1.82, 2.24) is 19.7 Å². The van der Waals surface area contributed by atoms with Gasteiger partial charge in [-0.1, -0.05) is 41.6 Å². The van der Waals surface area contributed by atoms with Crippen LogP contribution >= 0.6 is 23.1 Å². The fraction of sp³-hybridized carbons (Fsp3) is 0.174. The van der Waals surface area contributed by atoms with Crippen LogP contribution in [0.5, 0.6) is 0 Å². The zero-order valence-electron chi connectivity index (χ0n) is 18.2. The van der Waals surface area contributed by atoms with Crippen LogP contribution in [0.25, 0.3) is 22.5 Å². The van der Waals surface area contributed by atoms with Gasteiger partial charge in [-0.3, -0.25) is 9.78 Å². The van der Waals surface area contributed by atoms with Crippen molar-refractivity contribution >= 4 is 40.0 Å². The number of thiophene rings is 1. The molecule has 4 rings (SSSR count). The molecule has 0 saturated heterocycles. The SMILES string of the molecule is COC(=O)c1c(-c2ccc(C)cc2)csc1NC(=O)CSc1nnc(-c2cccnc2)n1C. The summed E-state index contributed by atoms with van der Waals surface area (Å²) >= 11 is 2.55. The van der Waals surface area contributed by atoms with Crippen molar-refractivity contribution in [2.24, 2.45) is 7.05 Å². The number of amides is 1. The van der Waals surface area contributed by atoms with Gasteiger partial charge in [0, 0.05) is 35.9 Å². The Morgan fingerprint density at radius 3 is 2.64 bits per heavy atom. The molecule has 8 nitrogen and oxygen atoms in total. The van der Waals surface area contributed by atoms with E-state index in [4.69, 9.17) is 4.74 Å². The first-order chi connectivity index (χ1) is 16.0. The standard InChI is InChI=1S/C23H21N5O3S2/c1-14-6-8-15(9-7-14)17-12-32-21(19(17)22(30)31-3)25-18(29)13-33-23-27-26-20(28(23)2)16-5-4-10-24-11-16/h4-12H,13H2,1-3H3,(H,25,29). The van der Waals surface area contributed by atoms with Gasteiger partial charge in [0.2, 0.25) is 5.91 Å². The first kappa shape index (κ1) is 22.7. The molecule has 0 fully saturated rings. The fourth-order valence-corrected chi connectivity index (χ4v) is 4.86. The highest BCUT2D eigenvalue weighted by Gasteiger charge is 2.22. The second-order valence-electron chi connectivity index (χ2n) is 7.15. The molecule has 10 heteroatoms. The second-order valence-corrected chi connectivity index (χ2v) is 8.98. The molecule has 33 heavy (non-hydrogen) atoms.